The molecule has 0 amide bonds. The van der Waals surface area contributed by atoms with Gasteiger partial charge in [0.1, 0.15) is 0 Å². The predicted molar refractivity (Wildman–Crippen MR) is 46.0 cm³/mol. The first-order valence-corrected chi connectivity index (χ1v) is 5.19. The minimum atomic E-state index is 0.531. The van der Waals surface area contributed by atoms with Crippen molar-refractivity contribution in [3.8, 4) is 0 Å². The standard InChI is InChI=1S/C8H16OS/c1-7-5-3-4-6-8(7)9-10-2/h7-8H,3-6H2,1-2H3/t7-,8+/m1/s1. The van der Waals surface area contributed by atoms with Gasteiger partial charge in [-0.1, -0.05) is 19.8 Å². The second kappa shape index (κ2) is 4.24. The average molecular weight is 160 g/mol. The van der Waals surface area contributed by atoms with E-state index in [1.54, 1.807) is 0 Å². The first-order chi connectivity index (χ1) is 4.84. The molecule has 2 heteroatoms. The summed E-state index contributed by atoms with van der Waals surface area (Å²) in [4.78, 5) is 0. The van der Waals surface area contributed by atoms with Crippen LogP contribution in [0.1, 0.15) is 32.6 Å². The molecular formula is C8H16OS. The van der Waals surface area contributed by atoms with E-state index in [0.29, 0.717) is 6.10 Å². The second-order valence-electron chi connectivity index (χ2n) is 3.06. The molecule has 1 fully saturated rings. The summed E-state index contributed by atoms with van der Waals surface area (Å²) in [6, 6.07) is 0. The van der Waals surface area contributed by atoms with E-state index in [-0.39, 0.29) is 0 Å². The topological polar surface area (TPSA) is 9.23 Å². The molecule has 0 spiro atoms. The Kier molecular flexibility index (Phi) is 3.57. The van der Waals surface area contributed by atoms with Gasteiger partial charge in [-0.3, -0.25) is 0 Å². The van der Waals surface area contributed by atoms with E-state index < -0.39 is 0 Å². The van der Waals surface area contributed by atoms with E-state index in [2.05, 4.69) is 6.92 Å². The summed E-state index contributed by atoms with van der Waals surface area (Å²) in [6.07, 6.45) is 7.91. The fourth-order valence-electron chi connectivity index (χ4n) is 1.55. The lowest BCUT2D eigenvalue weighted by Gasteiger charge is -2.27. The molecular weight excluding hydrogens is 144 g/mol. The average Bonchev–Trinajstić information content (AvgIpc) is 1.94. The van der Waals surface area contributed by atoms with Crippen LogP contribution < -0.4 is 0 Å². The van der Waals surface area contributed by atoms with Gasteiger partial charge in [0, 0.05) is 6.26 Å². The second-order valence-corrected chi connectivity index (χ2v) is 3.59. The van der Waals surface area contributed by atoms with Crippen molar-refractivity contribution in [1.82, 2.24) is 0 Å². The molecule has 0 aromatic carbocycles. The van der Waals surface area contributed by atoms with Crippen LogP contribution >= 0.6 is 12.0 Å². The summed E-state index contributed by atoms with van der Waals surface area (Å²) >= 11 is 1.51. The third-order valence-corrected chi connectivity index (χ3v) is 2.69. The minimum absolute atomic E-state index is 0.531. The van der Waals surface area contributed by atoms with Gasteiger partial charge >= 0.3 is 0 Å². The molecule has 0 heterocycles. The molecule has 10 heavy (non-hydrogen) atoms. The summed E-state index contributed by atoms with van der Waals surface area (Å²) in [5, 5.41) is 0. The highest BCUT2D eigenvalue weighted by molar-refractivity contribution is 7.93. The Morgan fingerprint density at radius 3 is 2.60 bits per heavy atom. The number of hydrogen-bond donors (Lipinski definition) is 0. The fourth-order valence-corrected chi connectivity index (χ4v) is 2.08. The van der Waals surface area contributed by atoms with Gasteiger partial charge in [0.25, 0.3) is 0 Å². The molecule has 0 unspecified atom stereocenters. The molecule has 0 saturated heterocycles. The van der Waals surface area contributed by atoms with Crippen LogP contribution in [0.25, 0.3) is 0 Å². The van der Waals surface area contributed by atoms with Crippen molar-refractivity contribution in [3.63, 3.8) is 0 Å². The number of rotatable bonds is 2. The van der Waals surface area contributed by atoms with Crippen LogP contribution in [0, 0.1) is 5.92 Å². The Morgan fingerprint density at radius 1 is 1.30 bits per heavy atom. The lowest BCUT2D eigenvalue weighted by atomic mass is 9.88. The first-order valence-electron chi connectivity index (χ1n) is 4.04. The van der Waals surface area contributed by atoms with Gasteiger partial charge in [-0.05, 0) is 30.8 Å². The third kappa shape index (κ3) is 2.17. The highest BCUT2D eigenvalue weighted by atomic mass is 32.2. The van der Waals surface area contributed by atoms with Gasteiger partial charge in [-0.15, -0.1) is 0 Å². The highest BCUT2D eigenvalue weighted by Crippen LogP contribution is 2.28. The van der Waals surface area contributed by atoms with Crippen LogP contribution in [-0.2, 0) is 4.18 Å². The molecule has 2 atom stereocenters. The molecule has 1 rings (SSSR count). The van der Waals surface area contributed by atoms with Crippen LogP contribution in [-0.4, -0.2) is 12.4 Å². The van der Waals surface area contributed by atoms with Crippen molar-refractivity contribution in [2.24, 2.45) is 5.92 Å². The molecule has 1 saturated carbocycles. The maximum atomic E-state index is 5.51. The van der Waals surface area contributed by atoms with E-state index in [1.807, 2.05) is 6.26 Å². The fraction of sp³-hybridized carbons (Fsp3) is 1.00. The van der Waals surface area contributed by atoms with E-state index >= 15 is 0 Å². The summed E-state index contributed by atoms with van der Waals surface area (Å²) in [5.74, 6) is 0.779. The molecule has 0 aliphatic heterocycles. The lowest BCUT2D eigenvalue weighted by Crippen LogP contribution is -2.22. The van der Waals surface area contributed by atoms with Crippen LogP contribution in [0.5, 0.6) is 0 Å². The van der Waals surface area contributed by atoms with Gasteiger partial charge < -0.3 is 4.18 Å². The van der Waals surface area contributed by atoms with Gasteiger partial charge in [-0.25, -0.2) is 0 Å². The van der Waals surface area contributed by atoms with Crippen LogP contribution in [0.15, 0.2) is 0 Å². The van der Waals surface area contributed by atoms with Crippen molar-refractivity contribution in [2.75, 3.05) is 6.26 Å². The molecule has 0 radical (unpaired) electrons. The molecule has 1 aliphatic rings. The minimum Gasteiger partial charge on any atom is -0.312 e. The Morgan fingerprint density at radius 2 is 2.00 bits per heavy atom. The largest absolute Gasteiger partial charge is 0.312 e. The van der Waals surface area contributed by atoms with Crippen molar-refractivity contribution >= 4 is 12.0 Å². The molecule has 0 aromatic heterocycles. The maximum Gasteiger partial charge on any atom is 0.0747 e. The van der Waals surface area contributed by atoms with E-state index in [9.17, 15) is 0 Å². The summed E-state index contributed by atoms with van der Waals surface area (Å²) in [7, 11) is 0. The summed E-state index contributed by atoms with van der Waals surface area (Å²) in [6.45, 7) is 2.29. The Bertz CT molecular complexity index is 93.3. The normalized spacial score (nSPS) is 34.2. The van der Waals surface area contributed by atoms with Gasteiger partial charge in [-0.2, -0.15) is 0 Å². The molecule has 1 aliphatic carbocycles. The molecule has 0 bridgehead atoms. The lowest BCUT2D eigenvalue weighted by molar-refractivity contribution is 0.127. The Hall–Kier alpha value is 0.310. The summed E-state index contributed by atoms with van der Waals surface area (Å²) < 4.78 is 5.51. The summed E-state index contributed by atoms with van der Waals surface area (Å²) in [5.41, 5.74) is 0. The van der Waals surface area contributed by atoms with Crippen LogP contribution in [0.4, 0.5) is 0 Å². The SMILES string of the molecule is CSO[C@H]1CCCC[C@H]1C. The van der Waals surface area contributed by atoms with Crippen molar-refractivity contribution < 1.29 is 4.18 Å². The molecule has 60 valence electrons. The predicted octanol–water partition coefficient (Wildman–Crippen LogP) is 2.86. The van der Waals surface area contributed by atoms with Crippen molar-refractivity contribution in [2.45, 2.75) is 38.7 Å². The zero-order valence-electron chi connectivity index (χ0n) is 6.80. The quantitative estimate of drug-likeness (QED) is 0.574. The Balaban J connectivity index is 2.25. The first kappa shape index (κ1) is 8.41. The zero-order chi connectivity index (χ0) is 7.40. The van der Waals surface area contributed by atoms with Crippen LogP contribution in [0.2, 0.25) is 0 Å². The molecule has 0 aromatic rings. The zero-order valence-corrected chi connectivity index (χ0v) is 7.62. The monoisotopic (exact) mass is 160 g/mol. The third-order valence-electron chi connectivity index (χ3n) is 2.25. The van der Waals surface area contributed by atoms with Crippen molar-refractivity contribution in [1.29, 1.82) is 0 Å². The van der Waals surface area contributed by atoms with E-state index in [0.717, 1.165) is 5.92 Å². The van der Waals surface area contributed by atoms with Gasteiger partial charge in [0.15, 0.2) is 0 Å². The van der Waals surface area contributed by atoms with Gasteiger partial charge in [0.05, 0.1) is 6.10 Å². The van der Waals surface area contributed by atoms with E-state index in [4.69, 9.17) is 4.18 Å². The van der Waals surface area contributed by atoms with Gasteiger partial charge in [0.2, 0.25) is 0 Å². The Labute approximate surface area is 67.7 Å². The highest BCUT2D eigenvalue weighted by Gasteiger charge is 2.21. The smallest absolute Gasteiger partial charge is 0.0747 e. The molecule has 0 N–H and O–H groups in total. The van der Waals surface area contributed by atoms with E-state index in [1.165, 1.54) is 37.7 Å². The maximum absolute atomic E-state index is 5.51. The number of hydrogen-bond acceptors (Lipinski definition) is 2. The van der Waals surface area contributed by atoms with Crippen molar-refractivity contribution in [3.05, 3.63) is 0 Å². The molecule has 1 nitrogen and oxygen atoms in total. The van der Waals surface area contributed by atoms with Crippen LogP contribution in [0.3, 0.4) is 0 Å².